The molecule has 0 bridgehead atoms. The standard InChI is InChI=1S/C14H13N3O3/c18-14(11-5-1-2-7-13(11)17(19)20)16-15-12-8-9-4-3-6-10(9)12/h1-5,7,9-10H,6,8H2,(H,16,18)/b15-12+/t9-,10+/m0/s1. The lowest BCUT2D eigenvalue weighted by atomic mass is 9.74. The number of allylic oxidation sites excluding steroid dienone is 2. The van der Waals surface area contributed by atoms with E-state index in [1.54, 1.807) is 6.07 Å². The number of hydrogen-bond donors (Lipinski definition) is 1. The van der Waals surface area contributed by atoms with Crippen molar-refractivity contribution in [3.8, 4) is 0 Å². The van der Waals surface area contributed by atoms with Gasteiger partial charge in [-0.1, -0.05) is 24.3 Å². The molecule has 1 fully saturated rings. The molecule has 1 N–H and O–H groups in total. The molecule has 0 unspecified atom stereocenters. The Kier molecular flexibility index (Phi) is 3.06. The van der Waals surface area contributed by atoms with Crippen LogP contribution in [-0.2, 0) is 0 Å². The molecule has 0 aliphatic heterocycles. The summed E-state index contributed by atoms with van der Waals surface area (Å²) in [4.78, 5) is 22.3. The molecule has 3 rings (SSSR count). The summed E-state index contributed by atoms with van der Waals surface area (Å²) >= 11 is 0. The van der Waals surface area contributed by atoms with Crippen LogP contribution in [0, 0.1) is 22.0 Å². The number of fused-ring (bicyclic) bond motifs is 1. The first kappa shape index (κ1) is 12.5. The van der Waals surface area contributed by atoms with Crippen LogP contribution in [0.4, 0.5) is 5.69 Å². The molecular weight excluding hydrogens is 258 g/mol. The van der Waals surface area contributed by atoms with Crippen LogP contribution in [0.1, 0.15) is 23.2 Å². The lowest BCUT2D eigenvalue weighted by molar-refractivity contribution is -0.385. The number of carbonyl (C=O) groups excluding carboxylic acids is 1. The Labute approximate surface area is 115 Å². The zero-order chi connectivity index (χ0) is 14.1. The third kappa shape index (κ3) is 2.09. The van der Waals surface area contributed by atoms with Gasteiger partial charge in [0, 0.05) is 17.7 Å². The van der Waals surface area contributed by atoms with Gasteiger partial charge in [0.1, 0.15) is 5.56 Å². The molecule has 2 atom stereocenters. The van der Waals surface area contributed by atoms with E-state index >= 15 is 0 Å². The predicted octanol–water partition coefficient (Wildman–Crippen LogP) is 2.28. The van der Waals surface area contributed by atoms with E-state index in [-0.39, 0.29) is 11.3 Å². The number of nitro groups is 1. The van der Waals surface area contributed by atoms with Gasteiger partial charge in [-0.05, 0) is 24.8 Å². The molecule has 0 spiro atoms. The molecule has 102 valence electrons. The minimum absolute atomic E-state index is 0.0299. The lowest BCUT2D eigenvalue weighted by Crippen LogP contribution is -2.35. The molecule has 0 aromatic heterocycles. The zero-order valence-corrected chi connectivity index (χ0v) is 10.7. The Balaban J connectivity index is 1.71. The fourth-order valence-corrected chi connectivity index (χ4v) is 2.67. The average Bonchev–Trinajstić information content (AvgIpc) is 2.80. The highest BCUT2D eigenvalue weighted by molar-refractivity contribution is 6.00. The number of rotatable bonds is 3. The highest BCUT2D eigenvalue weighted by Crippen LogP contribution is 2.40. The quantitative estimate of drug-likeness (QED) is 0.520. The van der Waals surface area contributed by atoms with E-state index in [1.165, 1.54) is 18.2 Å². The predicted molar refractivity (Wildman–Crippen MR) is 73.4 cm³/mol. The van der Waals surface area contributed by atoms with E-state index in [9.17, 15) is 14.9 Å². The summed E-state index contributed by atoms with van der Waals surface area (Å²) in [5, 5.41) is 15.0. The Bertz CT molecular complexity index is 636. The molecular formula is C14H13N3O3. The van der Waals surface area contributed by atoms with Crippen LogP contribution in [0.3, 0.4) is 0 Å². The number of hydrazone groups is 1. The normalized spacial score (nSPS) is 25.1. The second-order valence-electron chi connectivity index (χ2n) is 4.96. The van der Waals surface area contributed by atoms with Gasteiger partial charge in [-0.2, -0.15) is 5.10 Å². The van der Waals surface area contributed by atoms with Crippen LogP contribution in [0.25, 0.3) is 0 Å². The lowest BCUT2D eigenvalue weighted by Gasteiger charge is -2.31. The van der Waals surface area contributed by atoms with Gasteiger partial charge >= 0.3 is 0 Å². The summed E-state index contributed by atoms with van der Waals surface area (Å²) in [6, 6.07) is 5.85. The molecule has 6 nitrogen and oxygen atoms in total. The maximum absolute atomic E-state index is 12.0. The summed E-state index contributed by atoms with van der Waals surface area (Å²) in [5.74, 6) is 0.414. The van der Waals surface area contributed by atoms with Gasteiger partial charge in [0.15, 0.2) is 0 Å². The van der Waals surface area contributed by atoms with Gasteiger partial charge < -0.3 is 0 Å². The summed E-state index contributed by atoms with van der Waals surface area (Å²) in [5.41, 5.74) is 3.21. The fraction of sp³-hybridized carbons (Fsp3) is 0.286. The number of nitrogens with one attached hydrogen (secondary N) is 1. The topological polar surface area (TPSA) is 84.6 Å². The number of carbonyl (C=O) groups is 1. The molecule has 1 aromatic rings. The van der Waals surface area contributed by atoms with Gasteiger partial charge in [0.05, 0.1) is 4.92 Å². The largest absolute Gasteiger partial charge is 0.282 e. The number of benzene rings is 1. The van der Waals surface area contributed by atoms with Crippen LogP contribution in [0.5, 0.6) is 0 Å². The van der Waals surface area contributed by atoms with Crippen molar-refractivity contribution in [2.24, 2.45) is 16.9 Å². The molecule has 1 aromatic carbocycles. The van der Waals surface area contributed by atoms with Crippen molar-refractivity contribution >= 4 is 17.3 Å². The number of para-hydroxylation sites is 1. The molecule has 2 aliphatic carbocycles. The molecule has 20 heavy (non-hydrogen) atoms. The van der Waals surface area contributed by atoms with Gasteiger partial charge in [-0.25, -0.2) is 5.43 Å². The van der Waals surface area contributed by atoms with Crippen molar-refractivity contribution in [3.05, 3.63) is 52.1 Å². The molecule has 1 saturated carbocycles. The molecule has 6 heteroatoms. The second kappa shape index (κ2) is 4.88. The van der Waals surface area contributed by atoms with Crippen molar-refractivity contribution in [2.45, 2.75) is 12.8 Å². The van der Waals surface area contributed by atoms with Crippen molar-refractivity contribution in [2.75, 3.05) is 0 Å². The molecule has 2 aliphatic rings. The Morgan fingerprint density at radius 3 is 2.95 bits per heavy atom. The van der Waals surface area contributed by atoms with Crippen LogP contribution >= 0.6 is 0 Å². The first-order valence-corrected chi connectivity index (χ1v) is 6.43. The van der Waals surface area contributed by atoms with Gasteiger partial charge in [0.2, 0.25) is 0 Å². The van der Waals surface area contributed by atoms with Crippen molar-refractivity contribution in [3.63, 3.8) is 0 Å². The highest BCUT2D eigenvalue weighted by Gasteiger charge is 2.38. The summed E-state index contributed by atoms with van der Waals surface area (Å²) < 4.78 is 0. The van der Waals surface area contributed by atoms with Gasteiger partial charge in [0.25, 0.3) is 11.6 Å². The number of nitro benzene ring substituents is 1. The average molecular weight is 271 g/mol. The summed E-state index contributed by atoms with van der Waals surface area (Å²) in [6.07, 6.45) is 6.12. The number of amides is 1. The fourth-order valence-electron chi connectivity index (χ4n) is 2.67. The summed E-state index contributed by atoms with van der Waals surface area (Å²) in [7, 11) is 0. The Morgan fingerprint density at radius 1 is 1.40 bits per heavy atom. The molecule has 0 heterocycles. The van der Waals surface area contributed by atoms with Crippen molar-refractivity contribution in [1.82, 2.24) is 5.43 Å². The van der Waals surface area contributed by atoms with Gasteiger partial charge in [-0.15, -0.1) is 0 Å². The highest BCUT2D eigenvalue weighted by atomic mass is 16.6. The van der Waals surface area contributed by atoms with Crippen LogP contribution in [0.2, 0.25) is 0 Å². The third-order valence-corrected chi connectivity index (χ3v) is 3.81. The van der Waals surface area contributed by atoms with Crippen molar-refractivity contribution < 1.29 is 9.72 Å². The zero-order valence-electron chi connectivity index (χ0n) is 10.7. The Hall–Kier alpha value is -2.50. The maximum atomic E-state index is 12.0. The third-order valence-electron chi connectivity index (χ3n) is 3.81. The first-order valence-electron chi connectivity index (χ1n) is 6.43. The van der Waals surface area contributed by atoms with Gasteiger partial charge in [-0.3, -0.25) is 14.9 Å². The Morgan fingerprint density at radius 2 is 2.20 bits per heavy atom. The SMILES string of the molecule is O=C(N/N=C1\C[C@@H]2C=CC[C@@H]12)c1ccccc1[N+](=O)[O-]. The van der Waals surface area contributed by atoms with E-state index in [4.69, 9.17) is 0 Å². The minimum Gasteiger partial charge on any atom is -0.267 e. The maximum Gasteiger partial charge on any atom is 0.282 e. The second-order valence-corrected chi connectivity index (χ2v) is 4.96. The van der Waals surface area contributed by atoms with E-state index in [1.807, 2.05) is 0 Å². The first-order chi connectivity index (χ1) is 9.66. The molecule has 0 saturated heterocycles. The smallest absolute Gasteiger partial charge is 0.267 e. The van der Waals surface area contributed by atoms with E-state index in [0.29, 0.717) is 11.8 Å². The van der Waals surface area contributed by atoms with E-state index in [2.05, 4.69) is 22.7 Å². The molecule has 0 radical (unpaired) electrons. The van der Waals surface area contributed by atoms with Crippen LogP contribution in [0.15, 0.2) is 41.5 Å². The van der Waals surface area contributed by atoms with Crippen LogP contribution < -0.4 is 5.43 Å². The monoisotopic (exact) mass is 271 g/mol. The van der Waals surface area contributed by atoms with Crippen LogP contribution in [-0.4, -0.2) is 16.5 Å². The molecule has 1 amide bonds. The minimum atomic E-state index is -0.567. The van der Waals surface area contributed by atoms with E-state index < -0.39 is 10.8 Å². The van der Waals surface area contributed by atoms with Crippen molar-refractivity contribution in [1.29, 1.82) is 0 Å². The number of nitrogens with zero attached hydrogens (tertiary/aromatic N) is 2. The summed E-state index contributed by atoms with van der Waals surface area (Å²) in [6.45, 7) is 0. The van der Waals surface area contributed by atoms with E-state index in [0.717, 1.165) is 18.6 Å². The number of hydrogen-bond acceptors (Lipinski definition) is 4.